The first-order chi connectivity index (χ1) is 9.26. The van der Waals surface area contributed by atoms with E-state index in [2.05, 4.69) is 48.3 Å². The van der Waals surface area contributed by atoms with Crippen molar-refractivity contribution in [1.82, 2.24) is 5.32 Å². The van der Waals surface area contributed by atoms with E-state index < -0.39 is 0 Å². The van der Waals surface area contributed by atoms with Crippen LogP contribution in [0.5, 0.6) is 0 Å². The maximum atomic E-state index is 9.64. The van der Waals surface area contributed by atoms with Crippen molar-refractivity contribution in [3.05, 3.63) is 29.8 Å². The molecule has 0 amide bonds. The molecule has 1 saturated heterocycles. The lowest BCUT2D eigenvalue weighted by Crippen LogP contribution is -2.37. The molecule has 3 heteroatoms. The molecule has 2 rings (SSSR count). The summed E-state index contributed by atoms with van der Waals surface area (Å²) < 4.78 is 0. The normalized spacial score (nSPS) is 18.6. The number of anilines is 1. The molecule has 19 heavy (non-hydrogen) atoms. The van der Waals surface area contributed by atoms with Crippen LogP contribution in [0.1, 0.15) is 44.7 Å². The Labute approximate surface area is 116 Å². The second-order valence-electron chi connectivity index (χ2n) is 5.30. The Kier molecular flexibility index (Phi) is 5.23. The van der Waals surface area contributed by atoms with Gasteiger partial charge in [0.25, 0.3) is 0 Å². The van der Waals surface area contributed by atoms with Crippen molar-refractivity contribution in [3.8, 4) is 0 Å². The first-order valence-electron chi connectivity index (χ1n) is 7.51. The summed E-state index contributed by atoms with van der Waals surface area (Å²) >= 11 is 0. The van der Waals surface area contributed by atoms with Crippen LogP contribution in [-0.2, 0) is 0 Å². The molecule has 1 atom stereocenters. The SMILES string of the molecule is CCNC(CC)c1ccccc1N1CCC(O)CC1. The van der Waals surface area contributed by atoms with E-state index in [4.69, 9.17) is 0 Å². The average Bonchev–Trinajstić information content (AvgIpc) is 2.46. The third kappa shape index (κ3) is 3.48. The molecule has 2 N–H and O–H groups in total. The standard InChI is InChI=1S/C16H26N2O/c1-3-15(17-4-2)14-7-5-6-8-16(14)18-11-9-13(19)10-12-18/h5-8,13,15,17,19H,3-4,9-12H2,1-2H3. The summed E-state index contributed by atoms with van der Waals surface area (Å²) in [6.07, 6.45) is 2.75. The van der Waals surface area contributed by atoms with Gasteiger partial charge >= 0.3 is 0 Å². The van der Waals surface area contributed by atoms with Gasteiger partial charge in [0.1, 0.15) is 0 Å². The molecular weight excluding hydrogens is 236 g/mol. The van der Waals surface area contributed by atoms with Crippen molar-refractivity contribution in [1.29, 1.82) is 0 Å². The Hall–Kier alpha value is -1.06. The second kappa shape index (κ2) is 6.92. The molecule has 0 aliphatic carbocycles. The highest BCUT2D eigenvalue weighted by Gasteiger charge is 2.21. The third-order valence-electron chi connectivity index (χ3n) is 3.98. The molecule has 1 heterocycles. The quantitative estimate of drug-likeness (QED) is 0.856. The van der Waals surface area contributed by atoms with Gasteiger partial charge in [-0.3, -0.25) is 0 Å². The Morgan fingerprint density at radius 1 is 1.26 bits per heavy atom. The summed E-state index contributed by atoms with van der Waals surface area (Å²) in [7, 11) is 0. The van der Waals surface area contributed by atoms with Crippen molar-refractivity contribution >= 4 is 5.69 Å². The van der Waals surface area contributed by atoms with Crippen LogP contribution in [0, 0.1) is 0 Å². The molecule has 0 bridgehead atoms. The summed E-state index contributed by atoms with van der Waals surface area (Å²) in [4.78, 5) is 2.42. The fourth-order valence-electron chi connectivity index (χ4n) is 2.90. The zero-order valence-corrected chi connectivity index (χ0v) is 12.1. The van der Waals surface area contributed by atoms with Gasteiger partial charge in [-0.25, -0.2) is 0 Å². The molecule has 1 unspecified atom stereocenters. The Morgan fingerprint density at radius 3 is 2.58 bits per heavy atom. The van der Waals surface area contributed by atoms with Crippen LogP contribution in [0.2, 0.25) is 0 Å². The summed E-state index contributed by atoms with van der Waals surface area (Å²) in [6, 6.07) is 9.11. The number of hydrogen-bond acceptors (Lipinski definition) is 3. The van der Waals surface area contributed by atoms with Crippen molar-refractivity contribution in [2.75, 3.05) is 24.5 Å². The Bertz CT molecular complexity index is 386. The number of nitrogens with zero attached hydrogens (tertiary/aromatic N) is 1. The molecular formula is C16H26N2O. The summed E-state index contributed by atoms with van der Waals surface area (Å²) in [6.45, 7) is 7.29. The van der Waals surface area contributed by atoms with E-state index >= 15 is 0 Å². The van der Waals surface area contributed by atoms with Crippen LogP contribution < -0.4 is 10.2 Å². The fraction of sp³-hybridized carbons (Fsp3) is 0.625. The third-order valence-corrected chi connectivity index (χ3v) is 3.98. The highest BCUT2D eigenvalue weighted by atomic mass is 16.3. The van der Waals surface area contributed by atoms with Crippen molar-refractivity contribution in [2.45, 2.75) is 45.3 Å². The molecule has 0 saturated carbocycles. The summed E-state index contributed by atoms with van der Waals surface area (Å²) in [5.74, 6) is 0. The van der Waals surface area contributed by atoms with Crippen LogP contribution in [-0.4, -0.2) is 30.8 Å². The number of piperidine rings is 1. The van der Waals surface area contributed by atoms with Gasteiger partial charge in [0.15, 0.2) is 0 Å². The van der Waals surface area contributed by atoms with Gasteiger partial charge in [0.05, 0.1) is 6.10 Å². The Morgan fingerprint density at radius 2 is 1.95 bits per heavy atom. The van der Waals surface area contributed by atoms with E-state index in [1.54, 1.807) is 0 Å². The number of benzene rings is 1. The minimum absolute atomic E-state index is 0.112. The number of rotatable bonds is 5. The van der Waals surface area contributed by atoms with E-state index in [-0.39, 0.29) is 6.10 Å². The highest BCUT2D eigenvalue weighted by molar-refractivity contribution is 5.55. The monoisotopic (exact) mass is 262 g/mol. The molecule has 0 aromatic heterocycles. The van der Waals surface area contributed by atoms with Crippen LogP contribution in [0.15, 0.2) is 24.3 Å². The predicted octanol–water partition coefficient (Wildman–Crippen LogP) is 2.71. The molecule has 0 spiro atoms. The van der Waals surface area contributed by atoms with Gasteiger partial charge in [0, 0.05) is 24.8 Å². The molecule has 1 aliphatic heterocycles. The lowest BCUT2D eigenvalue weighted by Gasteiger charge is -2.34. The fourth-order valence-corrected chi connectivity index (χ4v) is 2.90. The number of aliphatic hydroxyl groups excluding tert-OH is 1. The first-order valence-corrected chi connectivity index (χ1v) is 7.51. The van der Waals surface area contributed by atoms with Gasteiger partial charge in [-0.1, -0.05) is 32.0 Å². The molecule has 106 valence electrons. The molecule has 0 radical (unpaired) electrons. The minimum atomic E-state index is -0.112. The topological polar surface area (TPSA) is 35.5 Å². The largest absolute Gasteiger partial charge is 0.393 e. The van der Waals surface area contributed by atoms with Gasteiger partial charge in [-0.2, -0.15) is 0 Å². The van der Waals surface area contributed by atoms with E-state index in [1.165, 1.54) is 11.3 Å². The van der Waals surface area contributed by atoms with Crippen molar-refractivity contribution < 1.29 is 5.11 Å². The average molecular weight is 262 g/mol. The molecule has 1 aliphatic rings. The summed E-state index contributed by atoms with van der Waals surface area (Å²) in [5.41, 5.74) is 2.73. The zero-order valence-electron chi connectivity index (χ0n) is 12.1. The molecule has 1 fully saturated rings. The summed E-state index contributed by atoms with van der Waals surface area (Å²) in [5, 5.41) is 13.2. The lowest BCUT2D eigenvalue weighted by molar-refractivity contribution is 0.145. The number of nitrogens with one attached hydrogen (secondary N) is 1. The van der Waals surface area contributed by atoms with E-state index in [1.807, 2.05) is 0 Å². The van der Waals surface area contributed by atoms with Crippen LogP contribution in [0.4, 0.5) is 5.69 Å². The van der Waals surface area contributed by atoms with Gasteiger partial charge in [0.2, 0.25) is 0 Å². The van der Waals surface area contributed by atoms with Gasteiger partial charge in [-0.15, -0.1) is 0 Å². The first kappa shape index (κ1) is 14.4. The van der Waals surface area contributed by atoms with Gasteiger partial charge < -0.3 is 15.3 Å². The predicted molar refractivity (Wildman–Crippen MR) is 80.6 cm³/mol. The zero-order chi connectivity index (χ0) is 13.7. The lowest BCUT2D eigenvalue weighted by atomic mass is 9.99. The molecule has 1 aromatic rings. The number of aliphatic hydroxyl groups is 1. The molecule has 1 aromatic carbocycles. The maximum Gasteiger partial charge on any atom is 0.0574 e. The number of para-hydroxylation sites is 1. The smallest absolute Gasteiger partial charge is 0.0574 e. The minimum Gasteiger partial charge on any atom is -0.393 e. The Balaban J connectivity index is 2.20. The van der Waals surface area contributed by atoms with E-state index in [0.717, 1.165) is 38.9 Å². The van der Waals surface area contributed by atoms with E-state index in [0.29, 0.717) is 6.04 Å². The van der Waals surface area contributed by atoms with Crippen LogP contribution in [0.25, 0.3) is 0 Å². The van der Waals surface area contributed by atoms with Crippen molar-refractivity contribution in [3.63, 3.8) is 0 Å². The van der Waals surface area contributed by atoms with Crippen molar-refractivity contribution in [2.24, 2.45) is 0 Å². The maximum absolute atomic E-state index is 9.64. The van der Waals surface area contributed by atoms with E-state index in [9.17, 15) is 5.11 Å². The highest BCUT2D eigenvalue weighted by Crippen LogP contribution is 2.30. The van der Waals surface area contributed by atoms with Crippen LogP contribution >= 0.6 is 0 Å². The van der Waals surface area contributed by atoms with Gasteiger partial charge in [-0.05, 0) is 37.4 Å². The second-order valence-corrected chi connectivity index (χ2v) is 5.30. The number of hydrogen-bond donors (Lipinski definition) is 2. The molecule has 3 nitrogen and oxygen atoms in total. The van der Waals surface area contributed by atoms with Crippen LogP contribution in [0.3, 0.4) is 0 Å².